The van der Waals surface area contributed by atoms with Gasteiger partial charge in [0.1, 0.15) is 14.8 Å². The van der Waals surface area contributed by atoms with E-state index < -0.39 is 10.0 Å². The molecule has 32 heavy (non-hydrogen) atoms. The van der Waals surface area contributed by atoms with Gasteiger partial charge in [0.15, 0.2) is 0 Å². The number of rotatable bonds is 6. The Kier molecular flexibility index (Phi) is 6.24. The topological polar surface area (TPSA) is 84.3 Å². The maximum absolute atomic E-state index is 13.1. The summed E-state index contributed by atoms with van der Waals surface area (Å²) >= 11 is 1.33. The fraction of sp³-hybridized carbons (Fsp3) is 0.391. The van der Waals surface area contributed by atoms with Gasteiger partial charge in [0.2, 0.25) is 10.0 Å². The number of nitrogens with zero attached hydrogens (tertiary/aromatic N) is 3. The van der Waals surface area contributed by atoms with Crippen molar-refractivity contribution in [1.82, 2.24) is 19.2 Å². The first-order chi connectivity index (χ1) is 15.2. The van der Waals surface area contributed by atoms with Crippen molar-refractivity contribution in [2.75, 3.05) is 13.1 Å². The summed E-state index contributed by atoms with van der Waals surface area (Å²) in [6, 6.07) is 9.40. The average molecular weight is 473 g/mol. The van der Waals surface area contributed by atoms with Gasteiger partial charge in [0.05, 0.1) is 11.4 Å². The van der Waals surface area contributed by atoms with Crippen LogP contribution < -0.4 is 4.72 Å². The Labute approximate surface area is 193 Å². The van der Waals surface area contributed by atoms with E-state index in [4.69, 9.17) is 0 Å². The molecule has 170 valence electrons. The monoisotopic (exact) mass is 472 g/mol. The minimum atomic E-state index is -3.71. The van der Waals surface area contributed by atoms with E-state index in [1.54, 1.807) is 13.0 Å². The largest absolute Gasteiger partial charge is 0.345 e. The van der Waals surface area contributed by atoms with Crippen LogP contribution in [0.4, 0.5) is 0 Å². The number of likely N-dealkylation sites (tertiary alicyclic amines) is 1. The van der Waals surface area contributed by atoms with Crippen LogP contribution in [0.5, 0.6) is 0 Å². The highest BCUT2D eigenvalue weighted by Gasteiger charge is 2.27. The Morgan fingerprint density at radius 1 is 1.16 bits per heavy atom. The van der Waals surface area contributed by atoms with Gasteiger partial charge in [0, 0.05) is 32.4 Å². The van der Waals surface area contributed by atoms with Crippen LogP contribution in [0.25, 0.3) is 10.7 Å². The molecule has 0 saturated carbocycles. The molecule has 0 atom stereocenters. The Hall–Kier alpha value is -2.49. The van der Waals surface area contributed by atoms with Gasteiger partial charge in [-0.1, -0.05) is 29.8 Å². The molecule has 4 rings (SSSR count). The molecule has 0 aliphatic carbocycles. The van der Waals surface area contributed by atoms with E-state index in [1.165, 1.54) is 11.3 Å². The average Bonchev–Trinajstić information content (AvgIpc) is 3.47. The van der Waals surface area contributed by atoms with E-state index in [0.717, 1.165) is 37.1 Å². The molecule has 1 fully saturated rings. The summed E-state index contributed by atoms with van der Waals surface area (Å²) in [5.74, 6) is 0.0161. The molecule has 0 bridgehead atoms. The van der Waals surface area contributed by atoms with Crippen molar-refractivity contribution < 1.29 is 13.2 Å². The van der Waals surface area contributed by atoms with E-state index >= 15 is 0 Å². The van der Waals surface area contributed by atoms with Crippen molar-refractivity contribution in [2.24, 2.45) is 7.05 Å². The molecule has 1 N–H and O–H groups in total. The SMILES string of the molecule is Cc1cccc(CNS(=O)(=O)c2cc(-c3nc(C)c(C(=O)N4CCCC4)s3)n(C)c2C)c1. The molecule has 0 unspecified atom stereocenters. The maximum atomic E-state index is 13.1. The summed E-state index contributed by atoms with van der Waals surface area (Å²) in [7, 11) is -1.89. The number of thiazole rings is 1. The number of aromatic nitrogens is 2. The molecular formula is C23H28N4O3S2. The van der Waals surface area contributed by atoms with E-state index in [9.17, 15) is 13.2 Å². The molecule has 1 aliphatic heterocycles. The number of benzene rings is 1. The van der Waals surface area contributed by atoms with Gasteiger partial charge in [-0.05, 0) is 45.2 Å². The molecular weight excluding hydrogens is 444 g/mol. The van der Waals surface area contributed by atoms with Crippen LogP contribution in [0.2, 0.25) is 0 Å². The molecule has 1 amide bonds. The summed E-state index contributed by atoms with van der Waals surface area (Å²) in [6.45, 7) is 7.37. The third kappa shape index (κ3) is 4.37. The predicted octanol–water partition coefficient (Wildman–Crippen LogP) is 3.79. The van der Waals surface area contributed by atoms with Crippen LogP contribution >= 0.6 is 11.3 Å². The number of hydrogen-bond acceptors (Lipinski definition) is 5. The van der Waals surface area contributed by atoms with Gasteiger partial charge in [0.25, 0.3) is 5.91 Å². The number of hydrogen-bond donors (Lipinski definition) is 1. The Balaban J connectivity index is 1.61. The van der Waals surface area contributed by atoms with Crippen LogP contribution in [-0.2, 0) is 23.6 Å². The number of aryl methyl sites for hydroxylation is 2. The number of sulfonamides is 1. The van der Waals surface area contributed by atoms with E-state index in [2.05, 4.69) is 9.71 Å². The lowest BCUT2D eigenvalue weighted by Crippen LogP contribution is -2.27. The van der Waals surface area contributed by atoms with E-state index in [-0.39, 0.29) is 17.3 Å². The number of amides is 1. The van der Waals surface area contributed by atoms with Crippen LogP contribution in [0.1, 0.15) is 45.0 Å². The van der Waals surface area contributed by atoms with Gasteiger partial charge < -0.3 is 9.47 Å². The zero-order valence-corrected chi connectivity index (χ0v) is 20.4. The molecule has 3 heterocycles. The second kappa shape index (κ2) is 8.80. The van der Waals surface area contributed by atoms with Crippen LogP contribution in [0, 0.1) is 20.8 Å². The summed E-state index contributed by atoms with van der Waals surface area (Å²) in [5, 5.41) is 0.649. The van der Waals surface area contributed by atoms with Gasteiger partial charge >= 0.3 is 0 Å². The number of carbonyl (C=O) groups excluding carboxylic acids is 1. The van der Waals surface area contributed by atoms with Gasteiger partial charge in [-0.2, -0.15) is 0 Å². The zero-order chi connectivity index (χ0) is 23.0. The minimum absolute atomic E-state index is 0.0161. The number of carbonyl (C=O) groups is 1. The highest BCUT2D eigenvalue weighted by Crippen LogP contribution is 2.33. The molecule has 3 aromatic rings. The molecule has 1 aliphatic rings. The second-order valence-corrected chi connectivity index (χ2v) is 11.0. The first kappa shape index (κ1) is 22.7. The molecule has 0 radical (unpaired) electrons. The van der Waals surface area contributed by atoms with Crippen molar-refractivity contribution in [3.05, 3.63) is 57.7 Å². The van der Waals surface area contributed by atoms with E-state index in [0.29, 0.717) is 27.0 Å². The van der Waals surface area contributed by atoms with E-state index in [1.807, 2.05) is 54.6 Å². The summed E-state index contributed by atoms with van der Waals surface area (Å²) in [4.78, 5) is 20.2. The fourth-order valence-electron chi connectivity index (χ4n) is 4.00. The van der Waals surface area contributed by atoms with Gasteiger partial charge in [-0.15, -0.1) is 11.3 Å². The highest BCUT2D eigenvalue weighted by atomic mass is 32.2. The maximum Gasteiger partial charge on any atom is 0.265 e. The summed E-state index contributed by atoms with van der Waals surface area (Å²) < 4.78 is 30.6. The fourth-order valence-corrected chi connectivity index (χ4v) is 6.39. The second-order valence-electron chi connectivity index (χ2n) is 8.28. The Bertz CT molecular complexity index is 1270. The first-order valence-corrected chi connectivity index (χ1v) is 13.0. The van der Waals surface area contributed by atoms with Crippen molar-refractivity contribution >= 4 is 27.3 Å². The summed E-state index contributed by atoms with van der Waals surface area (Å²) in [5.41, 5.74) is 3.98. The van der Waals surface area contributed by atoms with Crippen LogP contribution in [0.15, 0.2) is 35.2 Å². The summed E-state index contributed by atoms with van der Waals surface area (Å²) in [6.07, 6.45) is 2.06. The Morgan fingerprint density at radius 2 is 1.88 bits per heavy atom. The first-order valence-electron chi connectivity index (χ1n) is 10.7. The smallest absolute Gasteiger partial charge is 0.265 e. The normalized spacial score (nSPS) is 14.3. The predicted molar refractivity (Wildman–Crippen MR) is 126 cm³/mol. The lowest BCUT2D eigenvalue weighted by Gasteiger charge is -2.13. The molecule has 9 heteroatoms. The zero-order valence-electron chi connectivity index (χ0n) is 18.8. The molecule has 1 aromatic carbocycles. The van der Waals surface area contributed by atoms with Crippen molar-refractivity contribution in [3.63, 3.8) is 0 Å². The Morgan fingerprint density at radius 3 is 2.56 bits per heavy atom. The lowest BCUT2D eigenvalue weighted by molar-refractivity contribution is 0.0796. The van der Waals surface area contributed by atoms with Gasteiger partial charge in [-0.25, -0.2) is 18.1 Å². The molecule has 2 aromatic heterocycles. The lowest BCUT2D eigenvalue weighted by atomic mass is 10.1. The van der Waals surface area contributed by atoms with Crippen LogP contribution in [0.3, 0.4) is 0 Å². The highest BCUT2D eigenvalue weighted by molar-refractivity contribution is 7.89. The third-order valence-corrected chi connectivity index (χ3v) is 8.62. The van der Waals surface area contributed by atoms with Crippen molar-refractivity contribution in [2.45, 2.75) is 45.1 Å². The van der Waals surface area contributed by atoms with Gasteiger partial charge in [-0.3, -0.25) is 4.79 Å². The minimum Gasteiger partial charge on any atom is -0.345 e. The molecule has 7 nitrogen and oxygen atoms in total. The third-order valence-electron chi connectivity index (χ3n) is 5.93. The van der Waals surface area contributed by atoms with Crippen molar-refractivity contribution in [3.8, 4) is 10.7 Å². The molecule has 1 saturated heterocycles. The quantitative estimate of drug-likeness (QED) is 0.592. The van der Waals surface area contributed by atoms with Crippen molar-refractivity contribution in [1.29, 1.82) is 0 Å². The number of nitrogens with one attached hydrogen (secondary N) is 1. The van der Waals surface area contributed by atoms with Crippen LogP contribution in [-0.4, -0.2) is 41.9 Å². The molecule has 0 spiro atoms. The standard InChI is InChI=1S/C23H28N4O3S2/c1-15-8-7-9-18(12-15)14-24-32(29,30)20-13-19(26(4)17(20)3)22-25-16(2)21(31-22)23(28)27-10-5-6-11-27/h7-9,12-13,24H,5-6,10-11,14H2,1-4H3.